The summed E-state index contributed by atoms with van der Waals surface area (Å²) in [5, 5.41) is 17.6. The molecular weight excluding hydrogens is 160 g/mol. The van der Waals surface area contributed by atoms with E-state index in [1.807, 2.05) is 11.8 Å². The molecule has 0 aliphatic rings. The lowest BCUT2D eigenvalue weighted by molar-refractivity contribution is -0.123. The van der Waals surface area contributed by atoms with Gasteiger partial charge in [-0.3, -0.25) is 9.59 Å². The zero-order valence-electron chi connectivity index (χ0n) is 6.87. The summed E-state index contributed by atoms with van der Waals surface area (Å²) >= 11 is 0. The highest BCUT2D eigenvalue weighted by atomic mass is 16.3. The van der Waals surface area contributed by atoms with Gasteiger partial charge in [-0.25, -0.2) is 0 Å². The van der Waals surface area contributed by atoms with Crippen LogP contribution in [0.15, 0.2) is 0 Å². The van der Waals surface area contributed by atoms with Gasteiger partial charge >= 0.3 is 0 Å². The lowest BCUT2D eigenvalue weighted by Gasteiger charge is -1.96. The van der Waals surface area contributed by atoms with Crippen molar-refractivity contribution in [3.05, 3.63) is 0 Å². The van der Waals surface area contributed by atoms with Gasteiger partial charge in [-0.2, -0.15) is 0 Å². The Morgan fingerprint density at radius 3 is 1.42 bits per heavy atom. The summed E-state index contributed by atoms with van der Waals surface area (Å²) in [5.41, 5.74) is 0. The van der Waals surface area contributed by atoms with Crippen LogP contribution in [0, 0.1) is 11.8 Å². The van der Waals surface area contributed by atoms with Crippen molar-refractivity contribution < 1.29 is 19.8 Å². The van der Waals surface area contributed by atoms with Gasteiger partial charge in [0.1, 0.15) is 0 Å². The number of aliphatic hydroxyl groups excluding tert-OH is 2. The summed E-state index contributed by atoms with van der Waals surface area (Å²) in [6.07, 6.45) is -2.84. The third-order valence-electron chi connectivity index (χ3n) is 1.13. The van der Waals surface area contributed by atoms with Crippen molar-refractivity contribution in [1.82, 2.24) is 0 Å². The highest BCUT2D eigenvalue weighted by Gasteiger charge is 2.07. The SMILES string of the molecule is CC(=O)[C@H](O)C#C[C@H](O)C(C)=O. The van der Waals surface area contributed by atoms with Crippen LogP contribution < -0.4 is 0 Å². The second-order valence-electron chi connectivity index (χ2n) is 2.32. The molecule has 0 bridgehead atoms. The highest BCUT2D eigenvalue weighted by molar-refractivity contribution is 5.85. The first-order valence-corrected chi connectivity index (χ1v) is 3.33. The lowest BCUT2D eigenvalue weighted by atomic mass is 10.2. The van der Waals surface area contributed by atoms with Crippen LogP contribution in [0.3, 0.4) is 0 Å². The summed E-state index contributed by atoms with van der Waals surface area (Å²) in [6, 6.07) is 0. The van der Waals surface area contributed by atoms with Gasteiger partial charge in [0, 0.05) is 0 Å². The van der Waals surface area contributed by atoms with Gasteiger partial charge < -0.3 is 10.2 Å². The van der Waals surface area contributed by atoms with E-state index in [-0.39, 0.29) is 0 Å². The second-order valence-corrected chi connectivity index (χ2v) is 2.32. The van der Waals surface area contributed by atoms with E-state index in [4.69, 9.17) is 10.2 Å². The Hall–Kier alpha value is -1.18. The van der Waals surface area contributed by atoms with E-state index in [0.29, 0.717) is 0 Å². The molecule has 4 heteroatoms. The maximum Gasteiger partial charge on any atom is 0.173 e. The van der Waals surface area contributed by atoms with E-state index in [2.05, 4.69) is 0 Å². The predicted octanol–water partition coefficient (Wildman–Crippen LogP) is -1.11. The number of aliphatic hydroxyl groups is 2. The largest absolute Gasteiger partial charge is 0.373 e. The fraction of sp³-hybridized carbons (Fsp3) is 0.500. The van der Waals surface area contributed by atoms with Crippen molar-refractivity contribution in [2.24, 2.45) is 0 Å². The summed E-state index contributed by atoms with van der Waals surface area (Å²) in [6.45, 7) is 2.33. The van der Waals surface area contributed by atoms with E-state index in [0.717, 1.165) is 0 Å². The fourth-order valence-electron chi connectivity index (χ4n) is 0.361. The van der Waals surface area contributed by atoms with Crippen molar-refractivity contribution in [3.63, 3.8) is 0 Å². The minimum atomic E-state index is -1.42. The number of carbonyl (C=O) groups is 2. The van der Waals surface area contributed by atoms with Crippen molar-refractivity contribution in [2.45, 2.75) is 26.1 Å². The Balaban J connectivity index is 4.21. The third-order valence-corrected chi connectivity index (χ3v) is 1.13. The third kappa shape index (κ3) is 3.86. The van der Waals surface area contributed by atoms with Crippen LogP contribution >= 0.6 is 0 Å². The molecule has 0 aliphatic carbocycles. The maximum atomic E-state index is 10.4. The molecule has 0 saturated carbocycles. The average molecular weight is 170 g/mol. The average Bonchev–Trinajstić information content (AvgIpc) is 1.98. The molecule has 2 atom stereocenters. The molecule has 0 spiro atoms. The molecule has 12 heavy (non-hydrogen) atoms. The summed E-state index contributed by atoms with van der Waals surface area (Å²) in [7, 11) is 0. The van der Waals surface area contributed by atoms with Crippen LogP contribution in [0.25, 0.3) is 0 Å². The van der Waals surface area contributed by atoms with Gasteiger partial charge in [-0.15, -0.1) is 0 Å². The molecule has 0 heterocycles. The molecule has 0 fully saturated rings. The van der Waals surface area contributed by atoms with E-state index in [1.165, 1.54) is 13.8 Å². The van der Waals surface area contributed by atoms with Crippen LogP contribution in [-0.2, 0) is 9.59 Å². The molecule has 0 saturated heterocycles. The Bertz CT molecular complexity index is 222. The van der Waals surface area contributed by atoms with Crippen LogP contribution in [0.1, 0.15) is 13.8 Å². The quantitative estimate of drug-likeness (QED) is 0.515. The summed E-state index contributed by atoms with van der Waals surface area (Å²) in [5.74, 6) is 3.07. The Morgan fingerprint density at radius 2 is 1.25 bits per heavy atom. The van der Waals surface area contributed by atoms with E-state index < -0.39 is 23.8 Å². The second kappa shape index (κ2) is 4.65. The maximum absolute atomic E-state index is 10.4. The topological polar surface area (TPSA) is 74.6 Å². The molecule has 0 aromatic heterocycles. The molecule has 0 aromatic rings. The molecule has 0 aliphatic heterocycles. The minimum absolute atomic E-state index is 0.516. The predicted molar refractivity (Wildman–Crippen MR) is 41.2 cm³/mol. The number of rotatable bonds is 2. The van der Waals surface area contributed by atoms with Crippen molar-refractivity contribution in [3.8, 4) is 11.8 Å². The smallest absolute Gasteiger partial charge is 0.173 e. The van der Waals surface area contributed by atoms with Gasteiger partial charge in [-0.1, -0.05) is 11.8 Å². The lowest BCUT2D eigenvalue weighted by Crippen LogP contribution is -2.18. The van der Waals surface area contributed by atoms with Gasteiger partial charge in [0.25, 0.3) is 0 Å². The van der Waals surface area contributed by atoms with Crippen LogP contribution in [0.2, 0.25) is 0 Å². The van der Waals surface area contributed by atoms with Gasteiger partial charge in [0.15, 0.2) is 23.8 Å². The van der Waals surface area contributed by atoms with Crippen LogP contribution in [0.4, 0.5) is 0 Å². The molecule has 4 nitrogen and oxygen atoms in total. The number of Topliss-reactive ketones (excluding diaryl/α,β-unsaturated/α-hetero) is 2. The highest BCUT2D eigenvalue weighted by Crippen LogP contribution is 1.85. The number of ketones is 2. The van der Waals surface area contributed by atoms with Crippen molar-refractivity contribution in [2.75, 3.05) is 0 Å². The van der Waals surface area contributed by atoms with Gasteiger partial charge in [0.05, 0.1) is 0 Å². The standard InChI is InChI=1S/C8H10O4/c1-5(9)7(11)3-4-8(12)6(2)10/h7-8,11-12H,1-2H3/t7-,8+. The van der Waals surface area contributed by atoms with E-state index in [9.17, 15) is 9.59 Å². The van der Waals surface area contributed by atoms with E-state index in [1.54, 1.807) is 0 Å². The number of carbonyl (C=O) groups excluding carboxylic acids is 2. The first-order valence-electron chi connectivity index (χ1n) is 3.33. The summed E-state index contributed by atoms with van der Waals surface area (Å²) < 4.78 is 0. The Kier molecular flexibility index (Phi) is 4.19. The van der Waals surface area contributed by atoms with Gasteiger partial charge in [-0.05, 0) is 13.8 Å². The molecule has 0 aromatic carbocycles. The first kappa shape index (κ1) is 10.8. The van der Waals surface area contributed by atoms with Crippen molar-refractivity contribution in [1.29, 1.82) is 0 Å². The minimum Gasteiger partial charge on any atom is -0.373 e. The molecule has 0 unspecified atom stereocenters. The zero-order valence-corrected chi connectivity index (χ0v) is 6.87. The molecule has 66 valence electrons. The number of hydrogen-bond donors (Lipinski definition) is 2. The van der Waals surface area contributed by atoms with Crippen molar-refractivity contribution >= 4 is 11.6 Å². The number of hydrogen-bond acceptors (Lipinski definition) is 4. The molecular formula is C8H10O4. The first-order chi connectivity index (χ1) is 5.45. The monoisotopic (exact) mass is 170 g/mol. The fourth-order valence-corrected chi connectivity index (χ4v) is 0.361. The molecule has 0 amide bonds. The molecule has 0 rings (SSSR count). The van der Waals surface area contributed by atoms with E-state index >= 15 is 0 Å². The van der Waals surface area contributed by atoms with Gasteiger partial charge in [0.2, 0.25) is 0 Å². The Morgan fingerprint density at radius 1 is 1.00 bits per heavy atom. The molecule has 0 radical (unpaired) electrons. The van der Waals surface area contributed by atoms with Crippen LogP contribution in [-0.4, -0.2) is 34.0 Å². The molecule has 2 N–H and O–H groups in total. The normalized spacial score (nSPS) is 14.0. The zero-order chi connectivity index (χ0) is 9.72. The van der Waals surface area contributed by atoms with Crippen LogP contribution in [0.5, 0.6) is 0 Å². The summed E-state index contributed by atoms with van der Waals surface area (Å²) in [4.78, 5) is 20.8. The Labute approximate surface area is 70.2 Å².